The highest BCUT2D eigenvalue weighted by Gasteiger charge is 2.16. The summed E-state index contributed by atoms with van der Waals surface area (Å²) in [5.41, 5.74) is 0.925. The van der Waals surface area contributed by atoms with Crippen molar-refractivity contribution in [3.63, 3.8) is 0 Å². The van der Waals surface area contributed by atoms with Gasteiger partial charge in [0.2, 0.25) is 5.91 Å². The molecule has 0 aliphatic carbocycles. The Kier molecular flexibility index (Phi) is 3.41. The highest BCUT2D eigenvalue weighted by Crippen LogP contribution is 2.11. The highest BCUT2D eigenvalue weighted by atomic mass is 16.5. The van der Waals surface area contributed by atoms with Crippen molar-refractivity contribution < 1.29 is 14.6 Å². The van der Waals surface area contributed by atoms with Crippen molar-refractivity contribution >= 4 is 5.91 Å². The molecule has 4 heteroatoms. The van der Waals surface area contributed by atoms with E-state index < -0.39 is 0 Å². The normalized spacial score (nSPS) is 16.1. The van der Waals surface area contributed by atoms with Gasteiger partial charge in [-0.05, 0) is 17.7 Å². The molecule has 0 aromatic heterocycles. The number of morpholine rings is 1. The van der Waals surface area contributed by atoms with Gasteiger partial charge in [-0.25, -0.2) is 0 Å². The second kappa shape index (κ2) is 4.99. The molecule has 1 fully saturated rings. The van der Waals surface area contributed by atoms with Crippen LogP contribution in [0.3, 0.4) is 0 Å². The third-order valence-corrected chi connectivity index (χ3v) is 2.66. The van der Waals surface area contributed by atoms with Crippen LogP contribution in [-0.2, 0) is 16.0 Å². The number of ether oxygens (including phenoxy) is 1. The van der Waals surface area contributed by atoms with Gasteiger partial charge in [0.1, 0.15) is 5.75 Å². The molecule has 0 saturated carbocycles. The molecule has 1 saturated heterocycles. The summed E-state index contributed by atoms with van der Waals surface area (Å²) in [6.45, 7) is 2.61. The molecule has 1 N–H and O–H groups in total. The number of hydrogen-bond acceptors (Lipinski definition) is 3. The minimum Gasteiger partial charge on any atom is -0.508 e. The SMILES string of the molecule is O=C(Cc1ccc(O)cc1)N1CCOCC1. The summed E-state index contributed by atoms with van der Waals surface area (Å²) in [5, 5.41) is 9.13. The van der Waals surface area contributed by atoms with Crippen LogP contribution in [0.5, 0.6) is 5.75 Å². The average Bonchev–Trinajstić information content (AvgIpc) is 2.33. The molecule has 1 aromatic carbocycles. The zero-order valence-corrected chi connectivity index (χ0v) is 9.06. The molecule has 0 radical (unpaired) electrons. The first kappa shape index (κ1) is 11.0. The van der Waals surface area contributed by atoms with Crippen LogP contribution in [0, 0.1) is 0 Å². The lowest BCUT2D eigenvalue weighted by Crippen LogP contribution is -2.41. The summed E-state index contributed by atoms with van der Waals surface area (Å²) in [6, 6.07) is 6.74. The third-order valence-electron chi connectivity index (χ3n) is 2.66. The fourth-order valence-electron chi connectivity index (χ4n) is 1.71. The lowest BCUT2D eigenvalue weighted by molar-refractivity contribution is -0.134. The predicted octanol–water partition coefficient (Wildman–Crippen LogP) is 0.794. The van der Waals surface area contributed by atoms with E-state index in [2.05, 4.69) is 0 Å². The minimum atomic E-state index is 0.119. The fraction of sp³-hybridized carbons (Fsp3) is 0.417. The smallest absolute Gasteiger partial charge is 0.227 e. The number of hydrogen-bond donors (Lipinski definition) is 1. The summed E-state index contributed by atoms with van der Waals surface area (Å²) in [6.07, 6.45) is 0.389. The van der Waals surface area contributed by atoms with Crippen molar-refractivity contribution in [2.45, 2.75) is 6.42 Å². The Balaban J connectivity index is 1.93. The summed E-state index contributed by atoms with van der Waals surface area (Å²) in [7, 11) is 0. The molecule has 4 nitrogen and oxygen atoms in total. The van der Waals surface area contributed by atoms with Gasteiger partial charge in [-0.3, -0.25) is 4.79 Å². The first-order valence-corrected chi connectivity index (χ1v) is 5.39. The maximum absolute atomic E-state index is 11.9. The molecule has 1 amide bonds. The summed E-state index contributed by atoms with van der Waals surface area (Å²) in [5.74, 6) is 0.344. The van der Waals surface area contributed by atoms with E-state index in [0.717, 1.165) is 5.56 Å². The van der Waals surface area contributed by atoms with Crippen molar-refractivity contribution in [3.05, 3.63) is 29.8 Å². The van der Waals surface area contributed by atoms with E-state index in [0.29, 0.717) is 32.7 Å². The molecule has 1 aromatic rings. The Bertz CT molecular complexity index is 355. The van der Waals surface area contributed by atoms with Crippen molar-refractivity contribution in [2.24, 2.45) is 0 Å². The molecule has 0 atom stereocenters. The molecule has 16 heavy (non-hydrogen) atoms. The van der Waals surface area contributed by atoms with Gasteiger partial charge in [0.15, 0.2) is 0 Å². The lowest BCUT2D eigenvalue weighted by atomic mass is 10.1. The third kappa shape index (κ3) is 2.73. The van der Waals surface area contributed by atoms with Gasteiger partial charge in [0.25, 0.3) is 0 Å². The molecular formula is C12H15NO3. The van der Waals surface area contributed by atoms with Gasteiger partial charge in [-0.2, -0.15) is 0 Å². The van der Waals surface area contributed by atoms with Gasteiger partial charge >= 0.3 is 0 Å². The fourth-order valence-corrected chi connectivity index (χ4v) is 1.71. The topological polar surface area (TPSA) is 49.8 Å². The average molecular weight is 221 g/mol. The van der Waals surface area contributed by atoms with Gasteiger partial charge in [-0.15, -0.1) is 0 Å². The molecule has 1 aliphatic heterocycles. The Morgan fingerprint density at radius 1 is 1.25 bits per heavy atom. The zero-order chi connectivity index (χ0) is 11.4. The van der Waals surface area contributed by atoms with Crippen molar-refractivity contribution in [3.8, 4) is 5.75 Å². The Labute approximate surface area is 94.4 Å². The molecule has 0 bridgehead atoms. The van der Waals surface area contributed by atoms with E-state index in [1.165, 1.54) is 0 Å². The largest absolute Gasteiger partial charge is 0.508 e. The Morgan fingerprint density at radius 2 is 1.88 bits per heavy atom. The van der Waals surface area contributed by atoms with Crippen LogP contribution >= 0.6 is 0 Å². The maximum Gasteiger partial charge on any atom is 0.227 e. The summed E-state index contributed by atoms with van der Waals surface area (Å²) >= 11 is 0. The maximum atomic E-state index is 11.9. The van der Waals surface area contributed by atoms with Crippen LogP contribution in [0.15, 0.2) is 24.3 Å². The van der Waals surface area contributed by atoms with Crippen LogP contribution in [0.4, 0.5) is 0 Å². The number of carbonyl (C=O) groups is 1. The number of phenolic OH excluding ortho intramolecular Hbond substituents is 1. The number of aromatic hydroxyl groups is 1. The number of benzene rings is 1. The van der Waals surface area contributed by atoms with Crippen molar-refractivity contribution in [1.29, 1.82) is 0 Å². The number of rotatable bonds is 2. The van der Waals surface area contributed by atoms with Gasteiger partial charge in [0, 0.05) is 13.1 Å². The van der Waals surface area contributed by atoms with Gasteiger partial charge in [-0.1, -0.05) is 12.1 Å². The minimum absolute atomic E-state index is 0.119. The molecule has 2 rings (SSSR count). The molecular weight excluding hydrogens is 206 g/mol. The van der Waals surface area contributed by atoms with Crippen molar-refractivity contribution in [2.75, 3.05) is 26.3 Å². The monoisotopic (exact) mass is 221 g/mol. The van der Waals surface area contributed by atoms with Gasteiger partial charge in [0.05, 0.1) is 19.6 Å². The van der Waals surface area contributed by atoms with Crippen LogP contribution in [0.25, 0.3) is 0 Å². The van der Waals surface area contributed by atoms with Crippen LogP contribution in [-0.4, -0.2) is 42.2 Å². The van der Waals surface area contributed by atoms with Crippen LogP contribution < -0.4 is 0 Å². The number of carbonyl (C=O) groups excluding carboxylic acids is 1. The summed E-state index contributed by atoms with van der Waals surface area (Å²) < 4.78 is 5.19. The van der Waals surface area contributed by atoms with Crippen molar-refractivity contribution in [1.82, 2.24) is 4.90 Å². The first-order chi connectivity index (χ1) is 7.75. The molecule has 0 spiro atoms. The number of amides is 1. The Morgan fingerprint density at radius 3 is 2.50 bits per heavy atom. The molecule has 1 aliphatic rings. The van der Waals surface area contributed by atoms with E-state index >= 15 is 0 Å². The molecule has 0 unspecified atom stereocenters. The molecule has 86 valence electrons. The van der Waals surface area contributed by atoms with E-state index in [1.54, 1.807) is 24.3 Å². The van der Waals surface area contributed by atoms with E-state index in [4.69, 9.17) is 9.84 Å². The molecule has 1 heterocycles. The number of phenols is 1. The van der Waals surface area contributed by atoms with E-state index in [1.807, 2.05) is 4.90 Å². The zero-order valence-electron chi connectivity index (χ0n) is 9.06. The quantitative estimate of drug-likeness (QED) is 0.803. The first-order valence-electron chi connectivity index (χ1n) is 5.39. The summed E-state index contributed by atoms with van der Waals surface area (Å²) in [4.78, 5) is 13.7. The number of nitrogens with zero attached hydrogens (tertiary/aromatic N) is 1. The van der Waals surface area contributed by atoms with Crippen LogP contribution in [0.1, 0.15) is 5.56 Å². The predicted molar refractivity (Wildman–Crippen MR) is 59.2 cm³/mol. The standard InChI is InChI=1S/C12H15NO3/c14-11-3-1-10(2-4-11)9-12(15)13-5-7-16-8-6-13/h1-4,14H,5-9H2. The Hall–Kier alpha value is -1.55. The second-order valence-corrected chi connectivity index (χ2v) is 3.84. The highest BCUT2D eigenvalue weighted by molar-refractivity contribution is 5.78. The van der Waals surface area contributed by atoms with Gasteiger partial charge < -0.3 is 14.7 Å². The second-order valence-electron chi connectivity index (χ2n) is 3.84. The van der Waals surface area contributed by atoms with E-state index in [9.17, 15) is 4.79 Å². The van der Waals surface area contributed by atoms with E-state index in [-0.39, 0.29) is 11.7 Å². The lowest BCUT2D eigenvalue weighted by Gasteiger charge is -2.26. The van der Waals surface area contributed by atoms with Crippen LogP contribution in [0.2, 0.25) is 0 Å².